The average molecular weight is 539 g/mol. The van der Waals surface area contributed by atoms with Crippen molar-refractivity contribution in [3.8, 4) is 5.75 Å². The van der Waals surface area contributed by atoms with Crippen molar-refractivity contribution < 1.29 is 23.4 Å². The van der Waals surface area contributed by atoms with E-state index in [1.807, 2.05) is 67.6 Å². The van der Waals surface area contributed by atoms with E-state index in [2.05, 4.69) is 47.7 Å². The number of carbonyl (C=O) groups excluding carboxylic acids is 1. The summed E-state index contributed by atoms with van der Waals surface area (Å²) in [5, 5.41) is 0.0582. The third-order valence-corrected chi connectivity index (χ3v) is 12.7. The summed E-state index contributed by atoms with van der Waals surface area (Å²) in [6.45, 7) is 18.2. The van der Waals surface area contributed by atoms with Crippen LogP contribution in [0.3, 0.4) is 0 Å². The van der Waals surface area contributed by atoms with E-state index in [-0.39, 0.29) is 16.9 Å². The third-order valence-electron chi connectivity index (χ3n) is 8.23. The molecular weight excluding hydrogens is 492 g/mol. The molecule has 2 aromatic rings. The Morgan fingerprint density at radius 3 is 2.08 bits per heavy atom. The first kappa shape index (κ1) is 30.3. The van der Waals surface area contributed by atoms with Gasteiger partial charge in [-0.3, -0.25) is 4.79 Å². The SMILES string of the molecule is COc1ccc(CO[C@H]2[C@@H](OCc3ccccc3)C(=O)/C(C)=C\C[C@H](O[Si](C)(C)C(C)(C)C)C2(C)C)cc1. The van der Waals surface area contributed by atoms with Crippen LogP contribution in [0.15, 0.2) is 66.2 Å². The third kappa shape index (κ3) is 7.23. The Balaban J connectivity index is 1.98. The average Bonchev–Trinajstić information content (AvgIpc) is 2.87. The molecule has 3 rings (SSSR count). The van der Waals surface area contributed by atoms with Crippen LogP contribution in [-0.2, 0) is 31.9 Å². The van der Waals surface area contributed by atoms with Crippen molar-refractivity contribution in [2.75, 3.05) is 7.11 Å². The van der Waals surface area contributed by atoms with Crippen LogP contribution in [0.5, 0.6) is 5.75 Å². The highest BCUT2D eigenvalue weighted by atomic mass is 28.4. The molecular formula is C32H46O5Si. The summed E-state index contributed by atoms with van der Waals surface area (Å²) in [6, 6.07) is 17.8. The lowest BCUT2D eigenvalue weighted by molar-refractivity contribution is -0.169. The number of hydrogen-bond acceptors (Lipinski definition) is 5. The van der Waals surface area contributed by atoms with Crippen LogP contribution in [0.2, 0.25) is 18.1 Å². The van der Waals surface area contributed by atoms with Crippen LogP contribution in [-0.4, -0.2) is 39.5 Å². The quantitative estimate of drug-likeness (QED) is 0.309. The summed E-state index contributed by atoms with van der Waals surface area (Å²) in [7, 11) is -0.450. The molecule has 0 heterocycles. The van der Waals surface area contributed by atoms with Crippen LogP contribution >= 0.6 is 0 Å². The second-order valence-electron chi connectivity index (χ2n) is 12.5. The predicted molar refractivity (Wildman–Crippen MR) is 156 cm³/mol. The maximum Gasteiger partial charge on any atom is 0.192 e. The largest absolute Gasteiger partial charge is 0.497 e. The van der Waals surface area contributed by atoms with E-state index in [0.29, 0.717) is 25.2 Å². The molecule has 0 unspecified atom stereocenters. The number of rotatable bonds is 9. The molecule has 1 aliphatic carbocycles. The number of methoxy groups -OCH3 is 1. The van der Waals surface area contributed by atoms with E-state index in [4.69, 9.17) is 18.6 Å². The van der Waals surface area contributed by atoms with Crippen molar-refractivity contribution in [2.24, 2.45) is 5.41 Å². The van der Waals surface area contributed by atoms with Gasteiger partial charge in [-0.1, -0.05) is 83.2 Å². The van der Waals surface area contributed by atoms with E-state index in [9.17, 15) is 4.79 Å². The summed E-state index contributed by atoms with van der Waals surface area (Å²) < 4.78 is 25.4. The molecule has 0 spiro atoms. The van der Waals surface area contributed by atoms with Gasteiger partial charge in [0.15, 0.2) is 14.1 Å². The molecule has 0 fully saturated rings. The highest BCUT2D eigenvalue weighted by Crippen LogP contribution is 2.44. The fraction of sp³-hybridized carbons (Fsp3) is 0.531. The minimum absolute atomic E-state index is 0.0282. The molecule has 3 atom stereocenters. The number of Topliss-reactive ketones (excluding diaryl/α,β-unsaturated/α-hetero) is 1. The molecule has 0 bridgehead atoms. The Hall–Kier alpha value is -2.25. The van der Waals surface area contributed by atoms with Crippen molar-refractivity contribution in [3.05, 3.63) is 77.4 Å². The highest BCUT2D eigenvalue weighted by Gasteiger charge is 2.50. The number of ketones is 1. The van der Waals surface area contributed by atoms with Gasteiger partial charge >= 0.3 is 0 Å². The van der Waals surface area contributed by atoms with Crippen molar-refractivity contribution in [3.63, 3.8) is 0 Å². The first-order valence-electron chi connectivity index (χ1n) is 13.5. The fourth-order valence-electron chi connectivity index (χ4n) is 4.49. The molecule has 208 valence electrons. The van der Waals surface area contributed by atoms with Gasteiger partial charge in [-0.2, -0.15) is 0 Å². The number of hydrogen-bond donors (Lipinski definition) is 0. The minimum atomic E-state index is -2.10. The normalized spacial score (nSPS) is 23.8. The first-order valence-corrected chi connectivity index (χ1v) is 16.5. The number of ether oxygens (including phenoxy) is 3. The van der Waals surface area contributed by atoms with Crippen LogP contribution < -0.4 is 4.74 Å². The van der Waals surface area contributed by atoms with Crippen LogP contribution in [0.25, 0.3) is 0 Å². The van der Waals surface area contributed by atoms with Crippen molar-refractivity contribution in [1.82, 2.24) is 0 Å². The molecule has 5 nitrogen and oxygen atoms in total. The fourth-order valence-corrected chi connectivity index (χ4v) is 5.95. The van der Waals surface area contributed by atoms with Crippen LogP contribution in [0, 0.1) is 5.41 Å². The summed E-state index contributed by atoms with van der Waals surface area (Å²) in [5.41, 5.74) is 2.22. The second-order valence-corrected chi connectivity index (χ2v) is 17.2. The molecule has 38 heavy (non-hydrogen) atoms. The Labute approximate surface area is 230 Å². The maximum absolute atomic E-state index is 13.7. The lowest BCUT2D eigenvalue weighted by Crippen LogP contribution is -2.57. The van der Waals surface area contributed by atoms with Crippen LogP contribution in [0.1, 0.15) is 59.1 Å². The Bertz CT molecular complexity index is 1080. The molecule has 0 amide bonds. The van der Waals surface area contributed by atoms with Crippen molar-refractivity contribution >= 4 is 14.1 Å². The Kier molecular flexibility index (Phi) is 9.80. The minimum Gasteiger partial charge on any atom is -0.497 e. The lowest BCUT2D eigenvalue weighted by atomic mass is 9.74. The van der Waals surface area contributed by atoms with Gasteiger partial charge in [-0.15, -0.1) is 0 Å². The molecule has 0 saturated carbocycles. The van der Waals surface area contributed by atoms with E-state index in [0.717, 1.165) is 16.9 Å². The van der Waals surface area contributed by atoms with Crippen LogP contribution in [0.4, 0.5) is 0 Å². The van der Waals surface area contributed by atoms with E-state index >= 15 is 0 Å². The summed E-state index contributed by atoms with van der Waals surface area (Å²) >= 11 is 0. The topological polar surface area (TPSA) is 54.0 Å². The van der Waals surface area contributed by atoms with Crippen molar-refractivity contribution in [1.29, 1.82) is 0 Å². The van der Waals surface area contributed by atoms with E-state index < -0.39 is 25.9 Å². The second kappa shape index (κ2) is 12.3. The summed E-state index contributed by atoms with van der Waals surface area (Å²) in [4.78, 5) is 13.7. The zero-order chi connectivity index (χ0) is 28.1. The van der Waals surface area contributed by atoms with Gasteiger partial charge in [0.1, 0.15) is 11.9 Å². The molecule has 0 saturated heterocycles. The van der Waals surface area contributed by atoms with Gasteiger partial charge in [0.2, 0.25) is 0 Å². The zero-order valence-electron chi connectivity index (χ0n) is 24.7. The van der Waals surface area contributed by atoms with E-state index in [1.165, 1.54) is 0 Å². The van der Waals surface area contributed by atoms with Crippen molar-refractivity contribution in [2.45, 2.75) is 97.6 Å². The smallest absolute Gasteiger partial charge is 0.192 e. The molecule has 2 aromatic carbocycles. The predicted octanol–water partition coefficient (Wildman–Crippen LogP) is 7.50. The lowest BCUT2D eigenvalue weighted by Gasteiger charge is -2.48. The summed E-state index contributed by atoms with van der Waals surface area (Å²) in [6.07, 6.45) is 1.28. The first-order chi connectivity index (χ1) is 17.8. The van der Waals surface area contributed by atoms with Gasteiger partial charge in [0, 0.05) is 5.41 Å². The van der Waals surface area contributed by atoms with Gasteiger partial charge in [-0.25, -0.2) is 0 Å². The highest BCUT2D eigenvalue weighted by molar-refractivity contribution is 6.74. The molecule has 6 heteroatoms. The number of benzene rings is 2. The Morgan fingerprint density at radius 1 is 0.921 bits per heavy atom. The summed E-state index contributed by atoms with van der Waals surface area (Å²) in [5.74, 6) is 0.766. The van der Waals surface area contributed by atoms with Gasteiger partial charge < -0.3 is 18.6 Å². The van der Waals surface area contributed by atoms with Gasteiger partial charge in [0.25, 0.3) is 0 Å². The standard InChI is InChI=1S/C32H46O5Si/c1-23-15-20-27(37-38(8,9)31(2,3)4)32(5,6)30(36-22-25-16-18-26(34-7)19-17-25)29(28(23)33)35-21-24-13-11-10-12-14-24/h10-19,27,29-30H,20-22H2,1-9H3/b23-15-/t27-,29-,30-/m0/s1. The maximum atomic E-state index is 13.7. The van der Waals surface area contributed by atoms with Gasteiger partial charge in [-0.05, 0) is 60.3 Å². The molecule has 0 radical (unpaired) electrons. The molecule has 1 aliphatic rings. The van der Waals surface area contributed by atoms with Gasteiger partial charge in [0.05, 0.1) is 32.5 Å². The zero-order valence-corrected chi connectivity index (χ0v) is 25.7. The Morgan fingerprint density at radius 2 is 1.50 bits per heavy atom. The number of carbonyl (C=O) groups is 1. The monoisotopic (exact) mass is 538 g/mol. The molecule has 0 aliphatic heterocycles. The molecule has 0 aromatic heterocycles. The molecule has 0 N–H and O–H groups in total. The van der Waals surface area contributed by atoms with E-state index in [1.54, 1.807) is 7.11 Å².